The van der Waals surface area contributed by atoms with Crippen molar-refractivity contribution in [1.82, 2.24) is 4.31 Å². The minimum atomic E-state index is -3.77. The van der Waals surface area contributed by atoms with Crippen LogP contribution in [0.25, 0.3) is 0 Å². The number of sulfonamides is 1. The second kappa shape index (κ2) is 9.23. The molecule has 1 aliphatic heterocycles. The third kappa shape index (κ3) is 5.46. The summed E-state index contributed by atoms with van der Waals surface area (Å²) in [5, 5.41) is 2.66. The molecule has 2 fully saturated rings. The summed E-state index contributed by atoms with van der Waals surface area (Å²) in [6, 6.07) is 13.0. The minimum Gasteiger partial charge on any atom is -0.452 e. The summed E-state index contributed by atoms with van der Waals surface area (Å²) in [7, 11) is -3.77. The Labute approximate surface area is 214 Å². The second-order valence-corrected chi connectivity index (χ2v) is 13.6. The Hall–Kier alpha value is -1.98. The monoisotopic (exact) mass is 596 g/mol. The van der Waals surface area contributed by atoms with Gasteiger partial charge in [0, 0.05) is 21.8 Å². The van der Waals surface area contributed by atoms with Gasteiger partial charge in [-0.3, -0.25) is 4.79 Å². The van der Waals surface area contributed by atoms with Crippen LogP contribution in [0.4, 0.5) is 5.69 Å². The van der Waals surface area contributed by atoms with E-state index in [0.29, 0.717) is 12.2 Å². The third-order valence-electron chi connectivity index (χ3n) is 6.51. The fourth-order valence-electron chi connectivity index (χ4n) is 5.55. The standard InChI is InChI=1S/C25H29IN2O5S/c1-24(2)12-20-13-25(3,15-24)16-28(20)34(31,32)21-6-4-5-17(11-21)23(30)33-14-22(29)27-19-9-7-18(26)8-10-19/h4-11,20H,12-16H2,1-3H3,(H,27,29). The number of halogens is 1. The summed E-state index contributed by atoms with van der Waals surface area (Å²) in [6.45, 7) is 6.56. The van der Waals surface area contributed by atoms with Crippen LogP contribution in [0.15, 0.2) is 53.4 Å². The topological polar surface area (TPSA) is 92.8 Å². The molecule has 1 saturated heterocycles. The van der Waals surface area contributed by atoms with Crippen LogP contribution in [-0.4, -0.2) is 43.8 Å². The summed E-state index contributed by atoms with van der Waals surface area (Å²) in [4.78, 5) is 24.8. The normalized spacial score (nSPS) is 23.9. The molecule has 2 aromatic carbocycles. The average molecular weight is 596 g/mol. The third-order valence-corrected chi connectivity index (χ3v) is 9.12. The lowest BCUT2D eigenvalue weighted by Crippen LogP contribution is -2.37. The van der Waals surface area contributed by atoms with Crippen molar-refractivity contribution < 1.29 is 22.7 Å². The van der Waals surface area contributed by atoms with E-state index < -0.39 is 28.5 Å². The molecule has 1 saturated carbocycles. The Morgan fingerprint density at radius 2 is 1.82 bits per heavy atom. The average Bonchev–Trinajstić information content (AvgIpc) is 3.03. The Balaban J connectivity index is 1.43. The zero-order chi connectivity index (χ0) is 24.7. The number of benzene rings is 2. The number of nitrogens with one attached hydrogen (secondary N) is 1. The van der Waals surface area contributed by atoms with Crippen LogP contribution in [0.5, 0.6) is 0 Å². The van der Waals surface area contributed by atoms with Crippen molar-refractivity contribution >= 4 is 50.2 Å². The molecule has 1 heterocycles. The molecule has 34 heavy (non-hydrogen) atoms. The van der Waals surface area contributed by atoms with E-state index in [1.54, 1.807) is 16.4 Å². The Kier molecular flexibility index (Phi) is 6.82. The largest absolute Gasteiger partial charge is 0.452 e. The lowest BCUT2D eigenvalue weighted by Gasteiger charge is -2.39. The first kappa shape index (κ1) is 25.1. The van der Waals surface area contributed by atoms with E-state index in [1.165, 1.54) is 24.3 Å². The lowest BCUT2D eigenvalue weighted by atomic mass is 9.65. The maximum Gasteiger partial charge on any atom is 0.338 e. The second-order valence-electron chi connectivity index (χ2n) is 10.4. The van der Waals surface area contributed by atoms with Crippen LogP contribution >= 0.6 is 22.6 Å². The van der Waals surface area contributed by atoms with Crippen molar-refractivity contribution in [3.63, 3.8) is 0 Å². The van der Waals surface area contributed by atoms with Crippen LogP contribution in [-0.2, 0) is 19.6 Å². The molecule has 0 radical (unpaired) electrons. The summed E-state index contributed by atoms with van der Waals surface area (Å²) in [5.74, 6) is -1.22. The first-order chi connectivity index (χ1) is 15.9. The van der Waals surface area contributed by atoms with E-state index >= 15 is 0 Å². The van der Waals surface area contributed by atoms with Gasteiger partial charge in [-0.15, -0.1) is 0 Å². The van der Waals surface area contributed by atoms with Gasteiger partial charge in [-0.25, -0.2) is 13.2 Å². The molecule has 182 valence electrons. The predicted molar refractivity (Wildman–Crippen MR) is 138 cm³/mol. The van der Waals surface area contributed by atoms with Crippen molar-refractivity contribution in [3.8, 4) is 0 Å². The highest BCUT2D eigenvalue weighted by Crippen LogP contribution is 2.53. The number of carbonyl (C=O) groups excluding carboxylic acids is 2. The van der Waals surface area contributed by atoms with Crippen LogP contribution in [0, 0.1) is 14.4 Å². The van der Waals surface area contributed by atoms with E-state index in [2.05, 4.69) is 48.7 Å². The molecule has 2 aromatic rings. The number of anilines is 1. The first-order valence-electron chi connectivity index (χ1n) is 11.2. The molecule has 1 aliphatic carbocycles. The molecule has 9 heteroatoms. The molecule has 4 rings (SSSR count). The number of rotatable bonds is 6. The Morgan fingerprint density at radius 1 is 1.12 bits per heavy atom. The summed E-state index contributed by atoms with van der Waals surface area (Å²) < 4.78 is 34.8. The number of amides is 1. The van der Waals surface area contributed by atoms with Gasteiger partial charge in [0.05, 0.1) is 10.5 Å². The maximum atomic E-state index is 13.5. The van der Waals surface area contributed by atoms with E-state index in [9.17, 15) is 18.0 Å². The fraction of sp³-hybridized carbons (Fsp3) is 0.440. The first-order valence-corrected chi connectivity index (χ1v) is 13.7. The van der Waals surface area contributed by atoms with Crippen molar-refractivity contribution in [2.24, 2.45) is 10.8 Å². The summed E-state index contributed by atoms with van der Waals surface area (Å²) >= 11 is 2.16. The molecule has 1 amide bonds. The predicted octanol–water partition coefficient (Wildman–Crippen LogP) is 4.68. The lowest BCUT2D eigenvalue weighted by molar-refractivity contribution is -0.119. The van der Waals surface area contributed by atoms with Gasteiger partial charge >= 0.3 is 5.97 Å². The molecular formula is C25H29IN2O5S. The quantitative estimate of drug-likeness (QED) is 0.387. The van der Waals surface area contributed by atoms with Crippen molar-refractivity contribution in [2.75, 3.05) is 18.5 Å². The van der Waals surface area contributed by atoms with Gasteiger partial charge < -0.3 is 10.1 Å². The van der Waals surface area contributed by atoms with Crippen LogP contribution in [0.2, 0.25) is 0 Å². The number of hydrogen-bond acceptors (Lipinski definition) is 5. The van der Waals surface area contributed by atoms with Gasteiger partial charge in [-0.1, -0.05) is 26.8 Å². The summed E-state index contributed by atoms with van der Waals surface area (Å²) in [6.07, 6.45) is 2.66. The molecule has 0 spiro atoms. The van der Waals surface area contributed by atoms with Gasteiger partial charge in [0.2, 0.25) is 10.0 Å². The smallest absolute Gasteiger partial charge is 0.338 e. The maximum absolute atomic E-state index is 13.5. The fourth-order valence-corrected chi connectivity index (χ4v) is 7.73. The number of esters is 1. The van der Waals surface area contributed by atoms with E-state index in [-0.39, 0.29) is 27.3 Å². The van der Waals surface area contributed by atoms with Crippen LogP contribution in [0.3, 0.4) is 0 Å². The molecule has 0 aromatic heterocycles. The Bertz CT molecular complexity index is 1210. The van der Waals surface area contributed by atoms with Crippen LogP contribution < -0.4 is 5.32 Å². The molecule has 2 atom stereocenters. The highest BCUT2D eigenvalue weighted by molar-refractivity contribution is 14.1. The van der Waals surface area contributed by atoms with Gasteiger partial charge in [0.25, 0.3) is 5.91 Å². The van der Waals surface area contributed by atoms with Gasteiger partial charge in [-0.05, 0) is 95.1 Å². The molecule has 2 aliphatic rings. The molecule has 1 N–H and O–H groups in total. The number of ether oxygens (including phenoxy) is 1. The van der Waals surface area contributed by atoms with Crippen molar-refractivity contribution in [2.45, 2.75) is 51.0 Å². The zero-order valence-electron chi connectivity index (χ0n) is 19.5. The Morgan fingerprint density at radius 3 is 2.53 bits per heavy atom. The van der Waals surface area contributed by atoms with E-state index in [4.69, 9.17) is 4.74 Å². The van der Waals surface area contributed by atoms with Gasteiger partial charge in [0.1, 0.15) is 0 Å². The van der Waals surface area contributed by atoms with Crippen molar-refractivity contribution in [3.05, 3.63) is 57.7 Å². The van der Waals surface area contributed by atoms with Gasteiger partial charge in [0.15, 0.2) is 6.61 Å². The SMILES string of the molecule is CC1(C)CC2CC(C)(CN2S(=O)(=O)c2cccc(C(=O)OCC(=O)Nc3ccc(I)cc3)c2)C1. The molecule has 2 bridgehead atoms. The zero-order valence-corrected chi connectivity index (χ0v) is 22.5. The van der Waals surface area contributed by atoms with Crippen molar-refractivity contribution in [1.29, 1.82) is 0 Å². The van der Waals surface area contributed by atoms with E-state index in [1.807, 2.05) is 12.1 Å². The highest BCUT2D eigenvalue weighted by atomic mass is 127. The number of fused-ring (bicyclic) bond motifs is 2. The van der Waals surface area contributed by atoms with Crippen LogP contribution in [0.1, 0.15) is 50.4 Å². The van der Waals surface area contributed by atoms with E-state index in [0.717, 1.165) is 22.8 Å². The number of carbonyl (C=O) groups is 2. The minimum absolute atomic E-state index is 0.0412. The number of nitrogens with zero attached hydrogens (tertiary/aromatic N) is 1. The molecule has 7 nitrogen and oxygen atoms in total. The van der Waals surface area contributed by atoms with Gasteiger partial charge in [-0.2, -0.15) is 4.31 Å². The molecule has 2 unspecified atom stereocenters. The highest BCUT2D eigenvalue weighted by Gasteiger charge is 2.53. The summed E-state index contributed by atoms with van der Waals surface area (Å²) in [5.41, 5.74) is 0.742. The molecular weight excluding hydrogens is 567 g/mol. The number of hydrogen-bond donors (Lipinski definition) is 1.